The van der Waals surface area contributed by atoms with Crippen molar-refractivity contribution in [3.8, 4) is 0 Å². The summed E-state index contributed by atoms with van der Waals surface area (Å²) < 4.78 is 0. The van der Waals surface area contributed by atoms with Crippen LogP contribution in [-0.2, 0) is 11.2 Å². The summed E-state index contributed by atoms with van der Waals surface area (Å²) in [5, 5.41) is 2.90. The minimum atomic E-state index is -0.0618. The van der Waals surface area contributed by atoms with Crippen LogP contribution < -0.4 is 5.32 Å². The van der Waals surface area contributed by atoms with Crippen LogP contribution in [0, 0.1) is 0 Å². The predicted octanol–water partition coefficient (Wildman–Crippen LogP) is 2.52. The molecule has 0 aliphatic carbocycles. The van der Waals surface area contributed by atoms with E-state index in [1.807, 2.05) is 25.1 Å². The summed E-state index contributed by atoms with van der Waals surface area (Å²) in [4.78, 5) is 11.3. The summed E-state index contributed by atoms with van der Waals surface area (Å²) in [6.07, 6.45) is 1.70. The van der Waals surface area contributed by atoms with Crippen molar-refractivity contribution in [3.63, 3.8) is 0 Å². The number of rotatable bonds is 5. The SMILES string of the molecule is CCC(Br)C(=O)NCCc1ccccc1. The number of hydrogen-bond donors (Lipinski definition) is 1. The Labute approximate surface area is 99.2 Å². The van der Waals surface area contributed by atoms with Crippen molar-refractivity contribution in [1.82, 2.24) is 5.32 Å². The lowest BCUT2D eigenvalue weighted by Gasteiger charge is -2.08. The summed E-state index contributed by atoms with van der Waals surface area (Å²) in [6.45, 7) is 2.68. The topological polar surface area (TPSA) is 29.1 Å². The molecule has 82 valence electrons. The number of benzene rings is 1. The smallest absolute Gasteiger partial charge is 0.233 e. The van der Waals surface area contributed by atoms with Crippen molar-refractivity contribution < 1.29 is 4.79 Å². The van der Waals surface area contributed by atoms with Crippen molar-refractivity contribution in [2.45, 2.75) is 24.6 Å². The molecule has 0 saturated heterocycles. The van der Waals surface area contributed by atoms with Crippen LogP contribution in [0.25, 0.3) is 0 Å². The Kier molecular flexibility index (Phi) is 5.40. The second-order valence-electron chi connectivity index (χ2n) is 3.40. The molecular formula is C12H16BrNO. The molecule has 0 aromatic heterocycles. The fourth-order valence-electron chi connectivity index (χ4n) is 1.27. The average molecular weight is 270 g/mol. The van der Waals surface area contributed by atoms with Gasteiger partial charge in [0.1, 0.15) is 0 Å². The average Bonchev–Trinajstić information content (AvgIpc) is 2.29. The molecular weight excluding hydrogens is 254 g/mol. The lowest BCUT2D eigenvalue weighted by Crippen LogP contribution is -2.32. The summed E-state index contributed by atoms with van der Waals surface area (Å²) in [7, 11) is 0. The number of nitrogens with one attached hydrogen (secondary N) is 1. The van der Waals surface area contributed by atoms with Gasteiger partial charge >= 0.3 is 0 Å². The first-order valence-corrected chi connectivity index (χ1v) is 6.11. The first kappa shape index (κ1) is 12.2. The van der Waals surface area contributed by atoms with E-state index in [0.29, 0.717) is 6.54 Å². The first-order chi connectivity index (χ1) is 7.24. The zero-order valence-corrected chi connectivity index (χ0v) is 10.5. The molecule has 1 unspecified atom stereocenters. The van der Waals surface area contributed by atoms with Gasteiger partial charge in [0.25, 0.3) is 0 Å². The van der Waals surface area contributed by atoms with Gasteiger partial charge in [0.2, 0.25) is 5.91 Å². The number of carbonyl (C=O) groups is 1. The number of hydrogen-bond acceptors (Lipinski definition) is 1. The fraction of sp³-hybridized carbons (Fsp3) is 0.417. The highest BCUT2D eigenvalue weighted by atomic mass is 79.9. The summed E-state index contributed by atoms with van der Waals surface area (Å²) in [5.41, 5.74) is 1.25. The molecule has 0 saturated carbocycles. The molecule has 1 rings (SSSR count). The zero-order valence-electron chi connectivity index (χ0n) is 8.87. The van der Waals surface area contributed by atoms with Crippen LogP contribution >= 0.6 is 15.9 Å². The molecule has 1 aromatic carbocycles. The Morgan fingerprint density at radius 3 is 2.67 bits per heavy atom. The Morgan fingerprint density at radius 1 is 1.40 bits per heavy atom. The monoisotopic (exact) mass is 269 g/mol. The van der Waals surface area contributed by atoms with Gasteiger partial charge < -0.3 is 5.32 Å². The second kappa shape index (κ2) is 6.62. The van der Waals surface area contributed by atoms with Crippen molar-refractivity contribution in [2.75, 3.05) is 6.54 Å². The van der Waals surface area contributed by atoms with E-state index in [-0.39, 0.29) is 10.7 Å². The molecule has 1 amide bonds. The lowest BCUT2D eigenvalue weighted by atomic mass is 10.1. The molecule has 1 aromatic rings. The minimum Gasteiger partial charge on any atom is -0.355 e. The van der Waals surface area contributed by atoms with Gasteiger partial charge in [-0.15, -0.1) is 0 Å². The van der Waals surface area contributed by atoms with E-state index in [1.54, 1.807) is 0 Å². The lowest BCUT2D eigenvalue weighted by molar-refractivity contribution is -0.120. The van der Waals surface area contributed by atoms with Crippen LogP contribution in [-0.4, -0.2) is 17.3 Å². The standard InChI is InChI=1S/C12H16BrNO/c1-2-11(13)12(15)14-9-8-10-6-4-3-5-7-10/h3-7,11H,2,8-9H2,1H3,(H,14,15). The molecule has 2 nitrogen and oxygen atoms in total. The van der Waals surface area contributed by atoms with E-state index in [1.165, 1.54) is 5.56 Å². The van der Waals surface area contributed by atoms with Crippen molar-refractivity contribution in [2.24, 2.45) is 0 Å². The molecule has 0 fully saturated rings. The highest BCUT2D eigenvalue weighted by molar-refractivity contribution is 9.10. The van der Waals surface area contributed by atoms with Crippen LogP contribution in [0.1, 0.15) is 18.9 Å². The molecule has 0 heterocycles. The van der Waals surface area contributed by atoms with Crippen molar-refractivity contribution in [1.29, 1.82) is 0 Å². The number of carbonyl (C=O) groups excluding carboxylic acids is 1. The third kappa shape index (κ3) is 4.47. The number of amides is 1. The van der Waals surface area contributed by atoms with Crippen LogP contribution in [0.15, 0.2) is 30.3 Å². The van der Waals surface area contributed by atoms with Gasteiger partial charge in [0.05, 0.1) is 4.83 Å². The van der Waals surface area contributed by atoms with Gasteiger partial charge in [-0.25, -0.2) is 0 Å². The van der Waals surface area contributed by atoms with E-state index >= 15 is 0 Å². The zero-order chi connectivity index (χ0) is 11.1. The maximum absolute atomic E-state index is 11.4. The summed E-state index contributed by atoms with van der Waals surface area (Å²) in [6, 6.07) is 10.1. The molecule has 3 heteroatoms. The third-order valence-corrected chi connectivity index (χ3v) is 3.26. The maximum atomic E-state index is 11.4. The van der Waals surface area contributed by atoms with Gasteiger partial charge in [-0.2, -0.15) is 0 Å². The second-order valence-corrected chi connectivity index (χ2v) is 4.51. The molecule has 0 aliphatic rings. The number of alkyl halides is 1. The van der Waals surface area contributed by atoms with Crippen LogP contribution in [0.3, 0.4) is 0 Å². The van der Waals surface area contributed by atoms with Crippen LogP contribution in [0.4, 0.5) is 0 Å². The van der Waals surface area contributed by atoms with Crippen LogP contribution in [0.5, 0.6) is 0 Å². The van der Waals surface area contributed by atoms with Gasteiger partial charge in [0.15, 0.2) is 0 Å². The highest BCUT2D eigenvalue weighted by Crippen LogP contribution is 2.04. The van der Waals surface area contributed by atoms with E-state index in [2.05, 4.69) is 33.4 Å². The highest BCUT2D eigenvalue weighted by Gasteiger charge is 2.10. The van der Waals surface area contributed by atoms with Gasteiger partial charge in [0, 0.05) is 6.54 Å². The Morgan fingerprint density at radius 2 is 2.07 bits per heavy atom. The molecule has 1 N–H and O–H groups in total. The van der Waals surface area contributed by atoms with E-state index in [4.69, 9.17) is 0 Å². The van der Waals surface area contributed by atoms with E-state index in [9.17, 15) is 4.79 Å². The molecule has 0 aliphatic heterocycles. The van der Waals surface area contributed by atoms with E-state index < -0.39 is 0 Å². The summed E-state index contributed by atoms with van der Waals surface area (Å²) >= 11 is 3.32. The summed E-state index contributed by atoms with van der Waals surface area (Å²) in [5.74, 6) is 0.0773. The largest absolute Gasteiger partial charge is 0.355 e. The normalized spacial score (nSPS) is 12.1. The molecule has 0 bridgehead atoms. The number of halogens is 1. The Bertz CT molecular complexity index is 300. The predicted molar refractivity (Wildman–Crippen MR) is 66.2 cm³/mol. The van der Waals surface area contributed by atoms with Gasteiger partial charge in [-0.1, -0.05) is 53.2 Å². The molecule has 0 spiro atoms. The minimum absolute atomic E-state index is 0.0618. The van der Waals surface area contributed by atoms with Crippen molar-refractivity contribution in [3.05, 3.63) is 35.9 Å². The van der Waals surface area contributed by atoms with E-state index in [0.717, 1.165) is 12.8 Å². The molecule has 1 atom stereocenters. The Balaban J connectivity index is 2.25. The fourth-order valence-corrected chi connectivity index (χ4v) is 1.43. The molecule has 15 heavy (non-hydrogen) atoms. The maximum Gasteiger partial charge on any atom is 0.233 e. The molecule has 0 radical (unpaired) electrons. The van der Waals surface area contributed by atoms with Crippen molar-refractivity contribution >= 4 is 21.8 Å². The quantitative estimate of drug-likeness (QED) is 0.818. The Hall–Kier alpha value is -0.830. The third-order valence-electron chi connectivity index (χ3n) is 2.20. The van der Waals surface area contributed by atoms with Gasteiger partial charge in [-0.3, -0.25) is 4.79 Å². The first-order valence-electron chi connectivity index (χ1n) is 5.19. The van der Waals surface area contributed by atoms with Gasteiger partial charge in [-0.05, 0) is 18.4 Å². The van der Waals surface area contributed by atoms with Crippen LogP contribution in [0.2, 0.25) is 0 Å².